The molecule has 6 nitrogen and oxygen atoms in total. The van der Waals surface area contributed by atoms with Gasteiger partial charge in [-0.2, -0.15) is 4.80 Å². The number of aryl methyl sites for hydroxylation is 1. The number of carbonyl (C=O) groups excluding carboxylic acids is 1. The Hall–Kier alpha value is -1.46. The van der Waals surface area contributed by atoms with Gasteiger partial charge in [-0.25, -0.2) is 0 Å². The number of carbonyl (C=O) groups is 1. The number of tetrazole rings is 1. The SMILES string of the molecule is C.C.COC(=O)C(C)C.Cn1nnc(C(C)(C)C)n1. The van der Waals surface area contributed by atoms with Gasteiger partial charge in [-0.1, -0.05) is 49.5 Å². The normalized spacial score (nSPS) is 9.68. The van der Waals surface area contributed by atoms with Crippen molar-refractivity contribution in [3.8, 4) is 0 Å². The molecule has 1 aromatic heterocycles. The largest absolute Gasteiger partial charge is 0.469 e. The van der Waals surface area contributed by atoms with Crippen LogP contribution < -0.4 is 0 Å². The molecule has 1 aromatic rings. The lowest BCUT2D eigenvalue weighted by Crippen LogP contribution is -2.13. The van der Waals surface area contributed by atoms with E-state index in [0.29, 0.717) is 0 Å². The molecule has 0 saturated heterocycles. The van der Waals surface area contributed by atoms with E-state index in [1.807, 2.05) is 0 Å². The topological polar surface area (TPSA) is 69.9 Å². The molecule has 0 aliphatic carbocycles. The highest BCUT2D eigenvalue weighted by Gasteiger charge is 2.18. The van der Waals surface area contributed by atoms with Crippen LogP contribution in [0.1, 0.15) is 55.3 Å². The van der Waals surface area contributed by atoms with E-state index in [2.05, 4.69) is 40.9 Å². The summed E-state index contributed by atoms with van der Waals surface area (Å²) < 4.78 is 4.37. The van der Waals surface area contributed by atoms with Gasteiger partial charge >= 0.3 is 5.97 Å². The van der Waals surface area contributed by atoms with Gasteiger partial charge in [0.1, 0.15) is 0 Å². The van der Waals surface area contributed by atoms with E-state index in [1.165, 1.54) is 11.9 Å². The summed E-state index contributed by atoms with van der Waals surface area (Å²) in [5, 5.41) is 11.7. The van der Waals surface area contributed by atoms with Crippen molar-refractivity contribution >= 4 is 5.97 Å². The first-order valence-electron chi connectivity index (χ1n) is 5.50. The predicted molar refractivity (Wildman–Crippen MR) is 77.8 cm³/mol. The molecule has 0 unspecified atom stereocenters. The Labute approximate surface area is 117 Å². The van der Waals surface area contributed by atoms with Crippen molar-refractivity contribution in [2.24, 2.45) is 13.0 Å². The third-order valence-electron chi connectivity index (χ3n) is 1.85. The number of rotatable bonds is 1. The minimum atomic E-state index is -0.153. The van der Waals surface area contributed by atoms with Gasteiger partial charge in [0.05, 0.1) is 20.1 Å². The first-order valence-corrected chi connectivity index (χ1v) is 5.50. The number of esters is 1. The van der Waals surface area contributed by atoms with Gasteiger partial charge < -0.3 is 4.74 Å². The zero-order chi connectivity index (χ0) is 13.6. The number of hydrogen-bond acceptors (Lipinski definition) is 5. The number of ether oxygens (including phenoxy) is 1. The number of aromatic nitrogens is 4. The van der Waals surface area contributed by atoms with Crippen LogP contribution in [0.2, 0.25) is 0 Å². The first kappa shape index (κ1) is 22.7. The maximum atomic E-state index is 10.3. The molecule has 0 aromatic carbocycles. The summed E-state index contributed by atoms with van der Waals surface area (Å²) in [6, 6.07) is 0. The molecule has 0 saturated carbocycles. The fourth-order valence-electron chi connectivity index (χ4n) is 0.820. The van der Waals surface area contributed by atoms with Crippen LogP contribution in [-0.4, -0.2) is 33.3 Å². The lowest BCUT2D eigenvalue weighted by atomic mass is 9.96. The van der Waals surface area contributed by atoms with Crippen molar-refractivity contribution in [3.63, 3.8) is 0 Å². The highest BCUT2D eigenvalue weighted by atomic mass is 16.5. The average molecular weight is 274 g/mol. The summed E-state index contributed by atoms with van der Waals surface area (Å²) in [7, 11) is 3.16. The lowest BCUT2D eigenvalue weighted by molar-refractivity contribution is -0.144. The molecule has 1 heterocycles. The molecule has 0 amide bonds. The molecule has 114 valence electrons. The molecule has 0 aliphatic heterocycles. The van der Waals surface area contributed by atoms with Gasteiger partial charge in [0.15, 0.2) is 5.82 Å². The Morgan fingerprint density at radius 2 is 1.74 bits per heavy atom. The molecule has 0 atom stereocenters. The lowest BCUT2D eigenvalue weighted by Gasteiger charge is -2.10. The number of hydrogen-bond donors (Lipinski definition) is 0. The highest BCUT2D eigenvalue weighted by Crippen LogP contribution is 2.15. The van der Waals surface area contributed by atoms with Crippen molar-refractivity contribution in [2.45, 2.75) is 54.9 Å². The average Bonchev–Trinajstić information content (AvgIpc) is 2.64. The highest BCUT2D eigenvalue weighted by molar-refractivity contribution is 5.71. The molecule has 19 heavy (non-hydrogen) atoms. The third kappa shape index (κ3) is 9.16. The summed E-state index contributed by atoms with van der Waals surface area (Å²) in [6.07, 6.45) is 0. The van der Waals surface area contributed by atoms with Gasteiger partial charge in [-0.3, -0.25) is 4.79 Å². The van der Waals surface area contributed by atoms with Crippen LogP contribution in [0.15, 0.2) is 0 Å². The summed E-state index contributed by atoms with van der Waals surface area (Å²) >= 11 is 0. The maximum Gasteiger partial charge on any atom is 0.308 e. The second-order valence-electron chi connectivity index (χ2n) is 5.03. The van der Waals surface area contributed by atoms with E-state index in [0.717, 1.165) is 5.82 Å². The molecule has 0 fully saturated rings. The Balaban J connectivity index is -0.000000258. The molecule has 0 N–H and O–H groups in total. The van der Waals surface area contributed by atoms with Crippen LogP contribution in [0, 0.1) is 5.92 Å². The van der Waals surface area contributed by atoms with Crippen LogP contribution in [-0.2, 0) is 22.0 Å². The van der Waals surface area contributed by atoms with Crippen LogP contribution in [0.25, 0.3) is 0 Å². The Morgan fingerprint density at radius 1 is 1.26 bits per heavy atom. The third-order valence-corrected chi connectivity index (χ3v) is 1.85. The van der Waals surface area contributed by atoms with Crippen molar-refractivity contribution in [1.82, 2.24) is 20.2 Å². The molecule has 0 bridgehead atoms. The molecular formula is C13H30N4O2. The van der Waals surface area contributed by atoms with Gasteiger partial charge in [0.2, 0.25) is 0 Å². The fraction of sp³-hybridized carbons (Fsp3) is 0.846. The van der Waals surface area contributed by atoms with Gasteiger partial charge in [0.25, 0.3) is 0 Å². The predicted octanol–water partition coefficient (Wildman–Crippen LogP) is 2.60. The summed E-state index contributed by atoms with van der Waals surface area (Å²) in [4.78, 5) is 11.8. The fourth-order valence-corrected chi connectivity index (χ4v) is 0.820. The standard InChI is InChI=1S/C6H12N4.C5H10O2.2CH4/c1-6(2,3)5-7-9-10(4)8-5;1-4(2)5(6)7-3;;/h1-4H3;4H,1-3H3;2*1H4. The minimum absolute atomic E-state index is 0. The quantitative estimate of drug-likeness (QED) is 0.736. The maximum absolute atomic E-state index is 10.3. The van der Waals surface area contributed by atoms with Crippen LogP contribution in [0.3, 0.4) is 0 Å². The number of methoxy groups -OCH3 is 1. The van der Waals surface area contributed by atoms with Crippen LogP contribution >= 0.6 is 0 Å². The van der Waals surface area contributed by atoms with Crippen molar-refractivity contribution in [1.29, 1.82) is 0 Å². The van der Waals surface area contributed by atoms with Gasteiger partial charge in [0, 0.05) is 5.41 Å². The zero-order valence-electron chi connectivity index (χ0n) is 11.7. The molecule has 1 rings (SSSR count). The summed E-state index contributed by atoms with van der Waals surface area (Å²) in [6.45, 7) is 9.77. The van der Waals surface area contributed by atoms with E-state index in [4.69, 9.17) is 0 Å². The first-order chi connectivity index (χ1) is 7.68. The Morgan fingerprint density at radius 3 is 1.84 bits per heavy atom. The molecule has 6 heteroatoms. The van der Waals surface area contributed by atoms with E-state index < -0.39 is 0 Å². The summed E-state index contributed by atoms with van der Waals surface area (Å²) in [5.74, 6) is 0.639. The summed E-state index contributed by atoms with van der Waals surface area (Å²) in [5.41, 5.74) is 0.00819. The smallest absolute Gasteiger partial charge is 0.308 e. The molecule has 0 aliphatic rings. The Bertz CT molecular complexity index is 354. The molecular weight excluding hydrogens is 244 g/mol. The minimum Gasteiger partial charge on any atom is -0.469 e. The second kappa shape index (κ2) is 9.47. The van der Waals surface area contributed by atoms with E-state index in [1.54, 1.807) is 20.9 Å². The number of nitrogens with zero attached hydrogens (tertiary/aromatic N) is 4. The second-order valence-corrected chi connectivity index (χ2v) is 5.03. The van der Waals surface area contributed by atoms with Crippen LogP contribution in [0.5, 0.6) is 0 Å². The van der Waals surface area contributed by atoms with Crippen molar-refractivity contribution < 1.29 is 9.53 Å². The van der Waals surface area contributed by atoms with Gasteiger partial charge in [-0.05, 0) is 5.21 Å². The molecule has 0 radical (unpaired) electrons. The van der Waals surface area contributed by atoms with E-state index >= 15 is 0 Å². The van der Waals surface area contributed by atoms with Crippen molar-refractivity contribution in [3.05, 3.63) is 5.82 Å². The van der Waals surface area contributed by atoms with Crippen molar-refractivity contribution in [2.75, 3.05) is 7.11 Å². The van der Waals surface area contributed by atoms with Crippen LogP contribution in [0.4, 0.5) is 0 Å². The molecule has 0 spiro atoms. The zero-order valence-corrected chi connectivity index (χ0v) is 11.7. The monoisotopic (exact) mass is 274 g/mol. The van der Waals surface area contributed by atoms with Gasteiger partial charge in [-0.15, -0.1) is 10.2 Å². The van der Waals surface area contributed by atoms with E-state index in [9.17, 15) is 4.79 Å². The van der Waals surface area contributed by atoms with E-state index in [-0.39, 0.29) is 32.2 Å². The Kier molecular flexibility index (Phi) is 11.3.